The van der Waals surface area contributed by atoms with E-state index in [0.29, 0.717) is 0 Å². The van der Waals surface area contributed by atoms with E-state index >= 15 is 0 Å². The van der Waals surface area contributed by atoms with E-state index in [1.54, 1.807) is 13.8 Å². The van der Waals surface area contributed by atoms with E-state index in [1.807, 2.05) is 0 Å². The van der Waals surface area contributed by atoms with Crippen LogP contribution in [0.3, 0.4) is 0 Å². The summed E-state index contributed by atoms with van der Waals surface area (Å²) < 4.78 is 4.29. The summed E-state index contributed by atoms with van der Waals surface area (Å²) in [5.41, 5.74) is 4.94. The molecule has 5 N–H and O–H groups in total. The lowest BCUT2D eigenvalue weighted by atomic mass is 10.0. The average Bonchev–Trinajstić information content (AvgIpc) is 2.30. The monoisotopic (exact) mass is 261 g/mol. The van der Waals surface area contributed by atoms with Crippen LogP contribution < -0.4 is 16.4 Å². The number of nitrogens with one attached hydrogen (secondary N) is 2. The van der Waals surface area contributed by atoms with Crippen LogP contribution in [0.25, 0.3) is 0 Å². The number of carbonyl (C=O) groups is 3. The van der Waals surface area contributed by atoms with Crippen LogP contribution in [-0.4, -0.2) is 48.8 Å². The molecule has 8 heteroatoms. The summed E-state index contributed by atoms with van der Waals surface area (Å²) in [7, 11) is 1.12. The van der Waals surface area contributed by atoms with Crippen molar-refractivity contribution in [2.75, 3.05) is 13.7 Å². The molecule has 104 valence electrons. The van der Waals surface area contributed by atoms with Crippen LogP contribution in [0.2, 0.25) is 0 Å². The Morgan fingerprint density at radius 1 is 1.33 bits per heavy atom. The first kappa shape index (κ1) is 16.2. The Balaban J connectivity index is 4.35. The van der Waals surface area contributed by atoms with Gasteiger partial charge in [0.15, 0.2) is 6.10 Å². The van der Waals surface area contributed by atoms with Gasteiger partial charge in [-0.2, -0.15) is 0 Å². The molecule has 0 aliphatic carbocycles. The van der Waals surface area contributed by atoms with Crippen LogP contribution in [-0.2, 0) is 14.3 Å². The van der Waals surface area contributed by atoms with Crippen molar-refractivity contribution < 1.29 is 24.2 Å². The maximum absolute atomic E-state index is 11.7. The third kappa shape index (κ3) is 5.48. The first-order chi connectivity index (χ1) is 8.29. The molecule has 0 radical (unpaired) electrons. The van der Waals surface area contributed by atoms with Gasteiger partial charge in [-0.25, -0.2) is 9.59 Å². The molecule has 2 atom stereocenters. The zero-order valence-electron chi connectivity index (χ0n) is 10.6. The summed E-state index contributed by atoms with van der Waals surface area (Å²) in [4.78, 5) is 33.3. The van der Waals surface area contributed by atoms with Gasteiger partial charge in [-0.1, -0.05) is 13.8 Å². The molecule has 2 unspecified atom stereocenters. The number of primary amides is 1. The molecule has 0 fully saturated rings. The van der Waals surface area contributed by atoms with Gasteiger partial charge in [-0.05, 0) is 5.92 Å². The number of urea groups is 1. The van der Waals surface area contributed by atoms with Gasteiger partial charge in [0, 0.05) is 0 Å². The van der Waals surface area contributed by atoms with Crippen molar-refractivity contribution in [2.24, 2.45) is 11.7 Å². The predicted molar refractivity (Wildman–Crippen MR) is 62.4 cm³/mol. The van der Waals surface area contributed by atoms with E-state index in [1.165, 1.54) is 0 Å². The molecule has 0 aliphatic rings. The van der Waals surface area contributed by atoms with Gasteiger partial charge >= 0.3 is 12.0 Å². The van der Waals surface area contributed by atoms with Crippen molar-refractivity contribution in [1.29, 1.82) is 0 Å². The number of rotatable bonds is 6. The van der Waals surface area contributed by atoms with E-state index in [9.17, 15) is 19.5 Å². The SMILES string of the molecule is COC(=O)C(O)CNC(=O)C(NC(N)=O)C(C)C. The second-order valence-corrected chi connectivity index (χ2v) is 4.01. The molecule has 0 rings (SSSR count). The smallest absolute Gasteiger partial charge is 0.336 e. The predicted octanol–water partition coefficient (Wildman–Crippen LogP) is -1.67. The van der Waals surface area contributed by atoms with Crippen LogP contribution in [0.15, 0.2) is 0 Å². The molecule has 0 heterocycles. The van der Waals surface area contributed by atoms with Gasteiger partial charge in [0.2, 0.25) is 5.91 Å². The molecule has 0 aromatic rings. The molecule has 18 heavy (non-hydrogen) atoms. The first-order valence-electron chi connectivity index (χ1n) is 5.39. The molecule has 0 aliphatic heterocycles. The summed E-state index contributed by atoms with van der Waals surface area (Å²) in [5.74, 6) is -1.57. The third-order valence-corrected chi connectivity index (χ3v) is 2.19. The molecular formula is C10H19N3O5. The lowest BCUT2D eigenvalue weighted by molar-refractivity contribution is -0.150. The van der Waals surface area contributed by atoms with Crippen molar-refractivity contribution in [3.63, 3.8) is 0 Å². The second-order valence-electron chi connectivity index (χ2n) is 4.01. The highest BCUT2D eigenvalue weighted by molar-refractivity contribution is 5.87. The lowest BCUT2D eigenvalue weighted by Crippen LogP contribution is -2.52. The van der Waals surface area contributed by atoms with E-state index < -0.39 is 30.1 Å². The quantitative estimate of drug-likeness (QED) is 0.424. The molecule has 0 saturated heterocycles. The fraction of sp³-hybridized carbons (Fsp3) is 0.700. The standard InChI is InChI=1S/C10H19N3O5/c1-5(2)7(13-10(11)17)8(15)12-4-6(14)9(16)18-3/h5-7,14H,4H2,1-3H3,(H,12,15)(H3,11,13,17). The number of aliphatic hydroxyl groups is 1. The Kier molecular flexibility index (Phi) is 6.73. The third-order valence-electron chi connectivity index (χ3n) is 2.19. The number of nitrogens with two attached hydrogens (primary N) is 1. The normalized spacial score (nSPS) is 13.6. The largest absolute Gasteiger partial charge is 0.467 e. The fourth-order valence-corrected chi connectivity index (χ4v) is 1.21. The van der Waals surface area contributed by atoms with Crippen molar-refractivity contribution in [3.05, 3.63) is 0 Å². The average molecular weight is 261 g/mol. The Hall–Kier alpha value is -1.83. The van der Waals surface area contributed by atoms with E-state index in [4.69, 9.17) is 5.73 Å². The molecule has 8 nitrogen and oxygen atoms in total. The maximum atomic E-state index is 11.7. The number of methoxy groups -OCH3 is 1. The van der Waals surface area contributed by atoms with Gasteiger partial charge in [0.1, 0.15) is 6.04 Å². The maximum Gasteiger partial charge on any atom is 0.336 e. The minimum absolute atomic E-state index is 0.187. The van der Waals surface area contributed by atoms with Crippen LogP contribution in [0.5, 0.6) is 0 Å². The summed E-state index contributed by atoms with van der Waals surface area (Å²) in [5, 5.41) is 13.9. The highest BCUT2D eigenvalue weighted by atomic mass is 16.5. The number of hydrogen-bond acceptors (Lipinski definition) is 5. The van der Waals surface area contributed by atoms with Crippen LogP contribution in [0, 0.1) is 5.92 Å². The van der Waals surface area contributed by atoms with Gasteiger partial charge in [-0.15, -0.1) is 0 Å². The van der Waals surface area contributed by atoms with Gasteiger partial charge in [0.05, 0.1) is 13.7 Å². The zero-order valence-corrected chi connectivity index (χ0v) is 10.6. The Morgan fingerprint density at radius 3 is 2.28 bits per heavy atom. The van der Waals surface area contributed by atoms with Crippen LogP contribution >= 0.6 is 0 Å². The number of ether oxygens (including phenoxy) is 1. The molecule has 0 aromatic heterocycles. The summed E-state index contributed by atoms with van der Waals surface area (Å²) in [6, 6.07) is -1.65. The lowest BCUT2D eigenvalue weighted by Gasteiger charge is -2.21. The number of amides is 3. The van der Waals surface area contributed by atoms with Crippen molar-refractivity contribution >= 4 is 17.9 Å². The van der Waals surface area contributed by atoms with E-state index in [-0.39, 0.29) is 12.5 Å². The van der Waals surface area contributed by atoms with Crippen molar-refractivity contribution in [1.82, 2.24) is 10.6 Å². The second kappa shape index (κ2) is 7.49. The molecule has 0 bridgehead atoms. The minimum Gasteiger partial charge on any atom is -0.467 e. The molecule has 0 aromatic carbocycles. The molecule has 0 spiro atoms. The van der Waals surface area contributed by atoms with E-state index in [2.05, 4.69) is 15.4 Å². The number of carbonyl (C=O) groups excluding carboxylic acids is 3. The van der Waals surface area contributed by atoms with Gasteiger partial charge < -0.3 is 26.2 Å². The van der Waals surface area contributed by atoms with Crippen molar-refractivity contribution in [2.45, 2.75) is 26.0 Å². The van der Waals surface area contributed by atoms with Crippen LogP contribution in [0.4, 0.5) is 4.79 Å². The van der Waals surface area contributed by atoms with Gasteiger partial charge in [0.25, 0.3) is 0 Å². The number of hydrogen-bond donors (Lipinski definition) is 4. The minimum atomic E-state index is -1.44. The molecule has 3 amide bonds. The van der Waals surface area contributed by atoms with E-state index in [0.717, 1.165) is 7.11 Å². The Labute approximate surface area is 105 Å². The highest BCUT2D eigenvalue weighted by Crippen LogP contribution is 2.01. The first-order valence-corrected chi connectivity index (χ1v) is 5.39. The number of aliphatic hydroxyl groups excluding tert-OH is 1. The topological polar surface area (TPSA) is 131 Å². The molecular weight excluding hydrogens is 242 g/mol. The molecule has 0 saturated carbocycles. The Morgan fingerprint density at radius 2 is 1.89 bits per heavy atom. The summed E-state index contributed by atoms with van der Waals surface area (Å²) >= 11 is 0. The van der Waals surface area contributed by atoms with Crippen LogP contribution in [0.1, 0.15) is 13.8 Å². The number of esters is 1. The zero-order chi connectivity index (χ0) is 14.3. The van der Waals surface area contributed by atoms with Crippen molar-refractivity contribution in [3.8, 4) is 0 Å². The fourth-order valence-electron chi connectivity index (χ4n) is 1.21. The highest BCUT2D eigenvalue weighted by Gasteiger charge is 2.24. The Bertz CT molecular complexity index is 319. The summed E-state index contributed by atoms with van der Waals surface area (Å²) in [6.07, 6.45) is -1.44. The summed E-state index contributed by atoms with van der Waals surface area (Å²) in [6.45, 7) is 3.14. The van der Waals surface area contributed by atoms with Gasteiger partial charge in [-0.3, -0.25) is 4.79 Å².